The lowest BCUT2D eigenvalue weighted by molar-refractivity contribution is 1.24. The molecule has 0 atom stereocenters. The third-order valence-electron chi connectivity index (χ3n) is 2.72. The van der Waals surface area contributed by atoms with Crippen LogP contribution >= 0.6 is 0 Å². The van der Waals surface area contributed by atoms with Gasteiger partial charge in [-0.1, -0.05) is 30.3 Å². The predicted octanol–water partition coefficient (Wildman–Crippen LogP) is 3.17. The molecule has 3 rings (SSSR count). The number of rotatable bonds is 1. The summed E-state index contributed by atoms with van der Waals surface area (Å²) in [6.07, 6.45) is 0. The summed E-state index contributed by atoms with van der Waals surface area (Å²) in [6, 6.07) is 19.3. The largest absolute Gasteiger partial charge is 0.246 e. The van der Waals surface area contributed by atoms with Gasteiger partial charge in [-0.05, 0) is 24.3 Å². The second-order valence-corrected chi connectivity index (χ2v) is 3.91. The topological polar surface area (TPSA) is 49.6 Å². The SMILES string of the molecule is N#Cc1cccc(-c2ccc3ccccc3n2)n1. The van der Waals surface area contributed by atoms with E-state index in [0.717, 1.165) is 22.3 Å². The van der Waals surface area contributed by atoms with Crippen LogP contribution in [0.2, 0.25) is 0 Å². The van der Waals surface area contributed by atoms with Crippen molar-refractivity contribution >= 4 is 10.9 Å². The van der Waals surface area contributed by atoms with Crippen molar-refractivity contribution in [1.82, 2.24) is 9.97 Å². The van der Waals surface area contributed by atoms with E-state index in [1.807, 2.05) is 54.6 Å². The summed E-state index contributed by atoms with van der Waals surface area (Å²) in [5, 5.41) is 9.94. The summed E-state index contributed by atoms with van der Waals surface area (Å²) in [6.45, 7) is 0. The van der Waals surface area contributed by atoms with E-state index >= 15 is 0 Å². The zero-order chi connectivity index (χ0) is 12.4. The van der Waals surface area contributed by atoms with Crippen LogP contribution in [-0.4, -0.2) is 9.97 Å². The molecule has 2 heterocycles. The van der Waals surface area contributed by atoms with Crippen LogP contribution in [0.5, 0.6) is 0 Å². The van der Waals surface area contributed by atoms with Crippen LogP contribution in [0.25, 0.3) is 22.3 Å². The van der Waals surface area contributed by atoms with E-state index in [4.69, 9.17) is 5.26 Å². The van der Waals surface area contributed by atoms with Gasteiger partial charge in [0.1, 0.15) is 11.8 Å². The lowest BCUT2D eigenvalue weighted by Gasteiger charge is -2.02. The van der Waals surface area contributed by atoms with Gasteiger partial charge in [-0.3, -0.25) is 0 Å². The Balaban J connectivity index is 2.16. The molecule has 0 amide bonds. The molecule has 3 nitrogen and oxygen atoms in total. The fraction of sp³-hybridized carbons (Fsp3) is 0. The van der Waals surface area contributed by atoms with Gasteiger partial charge in [0.15, 0.2) is 0 Å². The Morgan fingerprint density at radius 2 is 1.61 bits per heavy atom. The number of benzene rings is 1. The molecule has 3 aromatic rings. The van der Waals surface area contributed by atoms with Gasteiger partial charge in [-0.25, -0.2) is 9.97 Å². The minimum atomic E-state index is 0.405. The normalized spacial score (nSPS) is 10.2. The third kappa shape index (κ3) is 1.80. The van der Waals surface area contributed by atoms with Gasteiger partial charge in [-0.2, -0.15) is 5.26 Å². The first-order chi connectivity index (χ1) is 8.86. The van der Waals surface area contributed by atoms with E-state index in [-0.39, 0.29) is 0 Å². The number of pyridine rings is 2. The molecule has 2 aromatic heterocycles. The Labute approximate surface area is 104 Å². The molecule has 0 fully saturated rings. The van der Waals surface area contributed by atoms with E-state index in [9.17, 15) is 0 Å². The molecule has 0 N–H and O–H groups in total. The van der Waals surface area contributed by atoms with Crippen molar-refractivity contribution in [3.63, 3.8) is 0 Å². The molecule has 1 aromatic carbocycles. The van der Waals surface area contributed by atoms with Gasteiger partial charge in [0.2, 0.25) is 0 Å². The van der Waals surface area contributed by atoms with Gasteiger partial charge >= 0.3 is 0 Å². The van der Waals surface area contributed by atoms with Crippen molar-refractivity contribution in [2.24, 2.45) is 0 Å². The van der Waals surface area contributed by atoms with Crippen molar-refractivity contribution in [1.29, 1.82) is 5.26 Å². The molecular formula is C15H9N3. The number of fused-ring (bicyclic) bond motifs is 1. The molecule has 0 bridgehead atoms. The van der Waals surface area contributed by atoms with E-state index in [1.54, 1.807) is 6.07 Å². The third-order valence-corrected chi connectivity index (χ3v) is 2.72. The lowest BCUT2D eigenvalue weighted by atomic mass is 10.1. The van der Waals surface area contributed by atoms with Gasteiger partial charge in [0.05, 0.1) is 16.9 Å². The molecule has 0 aliphatic carbocycles. The summed E-state index contributed by atoms with van der Waals surface area (Å²) in [7, 11) is 0. The Kier molecular flexibility index (Phi) is 2.47. The van der Waals surface area contributed by atoms with Crippen LogP contribution in [0.15, 0.2) is 54.6 Å². The molecule has 0 aliphatic heterocycles. The minimum Gasteiger partial charge on any atom is -0.246 e. The van der Waals surface area contributed by atoms with Crippen molar-refractivity contribution < 1.29 is 0 Å². The standard InChI is InChI=1S/C15H9N3/c16-10-12-5-3-7-14(17-12)15-9-8-11-4-1-2-6-13(11)18-15/h1-9H. The fourth-order valence-electron chi connectivity index (χ4n) is 1.85. The van der Waals surface area contributed by atoms with Crippen molar-refractivity contribution in [2.75, 3.05) is 0 Å². The lowest BCUT2D eigenvalue weighted by Crippen LogP contribution is -1.90. The summed E-state index contributed by atoms with van der Waals surface area (Å²) < 4.78 is 0. The van der Waals surface area contributed by atoms with Crippen LogP contribution in [0.4, 0.5) is 0 Å². The van der Waals surface area contributed by atoms with E-state index in [0.29, 0.717) is 5.69 Å². The van der Waals surface area contributed by atoms with Crippen LogP contribution in [0.3, 0.4) is 0 Å². The Morgan fingerprint density at radius 3 is 2.50 bits per heavy atom. The maximum absolute atomic E-state index is 8.85. The van der Waals surface area contributed by atoms with E-state index in [1.165, 1.54) is 0 Å². The number of nitriles is 1. The molecule has 0 unspecified atom stereocenters. The Hall–Kier alpha value is -2.73. The van der Waals surface area contributed by atoms with Crippen molar-refractivity contribution in [3.05, 3.63) is 60.3 Å². The van der Waals surface area contributed by atoms with Crippen molar-refractivity contribution in [3.8, 4) is 17.5 Å². The summed E-state index contributed by atoms with van der Waals surface area (Å²) >= 11 is 0. The van der Waals surface area contributed by atoms with E-state index in [2.05, 4.69) is 9.97 Å². The highest BCUT2D eigenvalue weighted by Gasteiger charge is 2.03. The Bertz CT molecular complexity index is 757. The highest BCUT2D eigenvalue weighted by Crippen LogP contribution is 2.19. The maximum atomic E-state index is 8.85. The average Bonchev–Trinajstić information content (AvgIpc) is 2.47. The second kappa shape index (κ2) is 4.27. The number of para-hydroxylation sites is 1. The Morgan fingerprint density at radius 1 is 0.778 bits per heavy atom. The summed E-state index contributed by atoms with van der Waals surface area (Å²) in [5.74, 6) is 0. The smallest absolute Gasteiger partial charge is 0.141 e. The number of hydrogen-bond donors (Lipinski definition) is 0. The van der Waals surface area contributed by atoms with Crippen molar-refractivity contribution in [2.45, 2.75) is 0 Å². The zero-order valence-electron chi connectivity index (χ0n) is 9.54. The molecule has 0 radical (unpaired) electrons. The molecule has 0 saturated carbocycles. The maximum Gasteiger partial charge on any atom is 0.141 e. The predicted molar refractivity (Wildman–Crippen MR) is 69.7 cm³/mol. The molecule has 0 spiro atoms. The van der Waals surface area contributed by atoms with Gasteiger partial charge < -0.3 is 0 Å². The van der Waals surface area contributed by atoms with Crippen LogP contribution in [0, 0.1) is 11.3 Å². The van der Waals surface area contributed by atoms with Gasteiger partial charge in [-0.15, -0.1) is 0 Å². The molecule has 84 valence electrons. The van der Waals surface area contributed by atoms with Gasteiger partial charge in [0, 0.05) is 5.39 Å². The monoisotopic (exact) mass is 231 g/mol. The van der Waals surface area contributed by atoms with Gasteiger partial charge in [0.25, 0.3) is 0 Å². The van der Waals surface area contributed by atoms with Crippen LogP contribution < -0.4 is 0 Å². The highest BCUT2D eigenvalue weighted by molar-refractivity contribution is 5.80. The zero-order valence-corrected chi connectivity index (χ0v) is 9.54. The molecule has 0 aliphatic rings. The molecule has 18 heavy (non-hydrogen) atoms. The molecule has 0 saturated heterocycles. The average molecular weight is 231 g/mol. The number of aromatic nitrogens is 2. The van der Waals surface area contributed by atoms with Crippen LogP contribution in [-0.2, 0) is 0 Å². The molecular weight excluding hydrogens is 222 g/mol. The minimum absolute atomic E-state index is 0.405. The van der Waals surface area contributed by atoms with E-state index < -0.39 is 0 Å². The first-order valence-corrected chi connectivity index (χ1v) is 5.60. The summed E-state index contributed by atoms with van der Waals surface area (Å²) in [4.78, 5) is 8.79. The molecule has 3 heteroatoms. The fourth-order valence-corrected chi connectivity index (χ4v) is 1.85. The van der Waals surface area contributed by atoms with Crippen LogP contribution in [0.1, 0.15) is 5.69 Å². The number of hydrogen-bond acceptors (Lipinski definition) is 3. The highest BCUT2D eigenvalue weighted by atomic mass is 14.8. The first-order valence-electron chi connectivity index (χ1n) is 5.60. The first kappa shape index (κ1) is 10.4. The second-order valence-electron chi connectivity index (χ2n) is 3.91. The number of nitrogens with zero attached hydrogens (tertiary/aromatic N) is 3. The summed E-state index contributed by atoms with van der Waals surface area (Å²) in [5.41, 5.74) is 2.84. The quantitative estimate of drug-likeness (QED) is 0.646.